The van der Waals surface area contributed by atoms with E-state index in [1.807, 2.05) is 13.2 Å². The van der Waals surface area contributed by atoms with E-state index >= 15 is 0 Å². The van der Waals surface area contributed by atoms with E-state index in [4.69, 9.17) is 20.3 Å². The van der Waals surface area contributed by atoms with Crippen molar-refractivity contribution in [2.45, 2.75) is 12.7 Å². The predicted octanol–water partition coefficient (Wildman–Crippen LogP) is 1.000. The van der Waals surface area contributed by atoms with Gasteiger partial charge in [-0.3, -0.25) is 4.68 Å². The summed E-state index contributed by atoms with van der Waals surface area (Å²) in [4.78, 5) is 0. The van der Waals surface area contributed by atoms with E-state index in [-0.39, 0.29) is 12.7 Å². The first-order valence-corrected chi connectivity index (χ1v) is 6.31. The Hall–Kier alpha value is -2.05. The summed E-state index contributed by atoms with van der Waals surface area (Å²) in [5.74, 6) is 1.16. The molecule has 0 saturated heterocycles. The number of aromatic nitrogens is 2. The van der Waals surface area contributed by atoms with Crippen molar-refractivity contribution in [2.24, 2.45) is 12.8 Å². The van der Waals surface area contributed by atoms with Crippen LogP contribution in [0.5, 0.6) is 11.5 Å². The molecule has 1 heterocycles. The molecule has 2 aromatic rings. The lowest BCUT2D eigenvalue weighted by atomic mass is 10.2. The van der Waals surface area contributed by atoms with Crippen LogP contribution in [0.25, 0.3) is 0 Å². The summed E-state index contributed by atoms with van der Waals surface area (Å²) in [6.07, 6.45) is 3.30. The Morgan fingerprint density at radius 3 is 2.75 bits per heavy atom. The highest BCUT2D eigenvalue weighted by Gasteiger charge is 2.16. The van der Waals surface area contributed by atoms with Crippen molar-refractivity contribution in [3.05, 3.63) is 41.7 Å². The number of methoxy groups -OCH3 is 1. The summed E-state index contributed by atoms with van der Waals surface area (Å²) in [7, 11) is 3.40. The average molecular weight is 277 g/mol. The lowest BCUT2D eigenvalue weighted by Crippen LogP contribution is -2.18. The van der Waals surface area contributed by atoms with Crippen LogP contribution in [0.15, 0.2) is 30.6 Å². The number of aliphatic hydroxyl groups excluding tert-OH is 1. The summed E-state index contributed by atoms with van der Waals surface area (Å²) < 4.78 is 12.9. The highest BCUT2D eigenvalue weighted by molar-refractivity contribution is 5.43. The van der Waals surface area contributed by atoms with E-state index < -0.39 is 0 Å². The number of hydrogen-bond donors (Lipinski definition) is 2. The second kappa shape index (κ2) is 6.40. The second-order valence-electron chi connectivity index (χ2n) is 4.43. The maximum absolute atomic E-state index is 9.13. The zero-order valence-corrected chi connectivity index (χ0v) is 11.6. The molecule has 1 aromatic heterocycles. The standard InChI is InChI=1S/C14H19N3O3/c1-17-8-11(7-16-17)14(6-15)20-12-4-3-10(9-18)5-13(12)19-2/h3-5,7-8,14,18H,6,9,15H2,1-2H3. The van der Waals surface area contributed by atoms with Crippen molar-refractivity contribution >= 4 is 0 Å². The minimum absolute atomic E-state index is 0.0421. The molecule has 1 unspecified atom stereocenters. The summed E-state index contributed by atoms with van der Waals surface area (Å²) in [6.45, 7) is 0.288. The van der Waals surface area contributed by atoms with Gasteiger partial charge >= 0.3 is 0 Å². The van der Waals surface area contributed by atoms with Gasteiger partial charge in [-0.15, -0.1) is 0 Å². The quantitative estimate of drug-likeness (QED) is 0.823. The largest absolute Gasteiger partial charge is 0.493 e. The molecule has 6 heteroatoms. The van der Waals surface area contributed by atoms with Crippen molar-refractivity contribution in [3.8, 4) is 11.5 Å². The molecule has 0 aliphatic carbocycles. The Bertz CT molecular complexity index is 569. The molecule has 0 aliphatic rings. The molecular formula is C14H19N3O3. The van der Waals surface area contributed by atoms with Gasteiger partial charge in [0, 0.05) is 25.4 Å². The number of aryl methyl sites for hydroxylation is 1. The Balaban J connectivity index is 2.23. The van der Waals surface area contributed by atoms with E-state index in [0.29, 0.717) is 18.0 Å². The van der Waals surface area contributed by atoms with Crippen molar-refractivity contribution in [1.82, 2.24) is 9.78 Å². The molecule has 0 aliphatic heterocycles. The van der Waals surface area contributed by atoms with E-state index in [9.17, 15) is 0 Å². The summed E-state index contributed by atoms with van der Waals surface area (Å²) in [5.41, 5.74) is 7.44. The van der Waals surface area contributed by atoms with Gasteiger partial charge in [0.05, 0.1) is 19.9 Å². The second-order valence-corrected chi connectivity index (χ2v) is 4.43. The van der Waals surface area contributed by atoms with Crippen LogP contribution in [0.3, 0.4) is 0 Å². The number of aliphatic hydroxyl groups is 1. The van der Waals surface area contributed by atoms with Crippen molar-refractivity contribution < 1.29 is 14.6 Å². The van der Waals surface area contributed by atoms with Crippen LogP contribution in [-0.2, 0) is 13.7 Å². The lowest BCUT2D eigenvalue weighted by molar-refractivity contribution is 0.204. The summed E-state index contributed by atoms with van der Waals surface area (Å²) >= 11 is 0. The van der Waals surface area contributed by atoms with Gasteiger partial charge < -0.3 is 20.3 Å². The highest BCUT2D eigenvalue weighted by Crippen LogP contribution is 2.31. The van der Waals surface area contributed by atoms with Gasteiger partial charge in [0.15, 0.2) is 11.5 Å². The molecule has 1 atom stereocenters. The Kier molecular flexibility index (Phi) is 4.60. The van der Waals surface area contributed by atoms with Gasteiger partial charge in [-0.1, -0.05) is 6.07 Å². The predicted molar refractivity (Wildman–Crippen MR) is 74.5 cm³/mol. The molecule has 1 aromatic carbocycles. The fraction of sp³-hybridized carbons (Fsp3) is 0.357. The van der Waals surface area contributed by atoms with Crippen molar-refractivity contribution in [2.75, 3.05) is 13.7 Å². The summed E-state index contributed by atoms with van der Waals surface area (Å²) in [5, 5.41) is 13.2. The van der Waals surface area contributed by atoms with Crippen LogP contribution in [-0.4, -0.2) is 28.5 Å². The fourth-order valence-corrected chi connectivity index (χ4v) is 1.92. The molecule has 0 saturated carbocycles. The van der Waals surface area contributed by atoms with E-state index in [1.54, 1.807) is 36.2 Å². The number of rotatable bonds is 6. The van der Waals surface area contributed by atoms with E-state index in [2.05, 4.69) is 5.10 Å². The first-order valence-electron chi connectivity index (χ1n) is 6.31. The van der Waals surface area contributed by atoms with Gasteiger partial charge in [-0.2, -0.15) is 5.10 Å². The van der Waals surface area contributed by atoms with Crippen LogP contribution < -0.4 is 15.2 Å². The van der Waals surface area contributed by atoms with Crippen LogP contribution in [0, 0.1) is 0 Å². The Morgan fingerprint density at radius 2 is 2.20 bits per heavy atom. The number of nitrogens with zero attached hydrogens (tertiary/aromatic N) is 2. The van der Waals surface area contributed by atoms with E-state index in [0.717, 1.165) is 11.1 Å². The number of ether oxygens (including phenoxy) is 2. The first kappa shape index (κ1) is 14.4. The first-order chi connectivity index (χ1) is 9.67. The maximum atomic E-state index is 9.13. The molecule has 0 fully saturated rings. The average Bonchev–Trinajstić information content (AvgIpc) is 2.91. The third-order valence-electron chi connectivity index (χ3n) is 2.99. The maximum Gasteiger partial charge on any atom is 0.162 e. The Morgan fingerprint density at radius 1 is 1.40 bits per heavy atom. The normalized spacial score (nSPS) is 12.2. The molecule has 0 spiro atoms. The van der Waals surface area contributed by atoms with Crippen molar-refractivity contribution in [3.63, 3.8) is 0 Å². The van der Waals surface area contributed by atoms with Gasteiger partial charge in [-0.05, 0) is 17.7 Å². The molecule has 0 bridgehead atoms. The van der Waals surface area contributed by atoms with Crippen LogP contribution in [0.2, 0.25) is 0 Å². The third-order valence-corrected chi connectivity index (χ3v) is 2.99. The van der Waals surface area contributed by atoms with Crippen molar-refractivity contribution in [1.29, 1.82) is 0 Å². The monoisotopic (exact) mass is 277 g/mol. The number of nitrogens with two attached hydrogens (primary N) is 1. The molecule has 6 nitrogen and oxygen atoms in total. The zero-order valence-electron chi connectivity index (χ0n) is 11.6. The molecular weight excluding hydrogens is 258 g/mol. The minimum Gasteiger partial charge on any atom is -0.493 e. The summed E-state index contributed by atoms with van der Waals surface area (Å²) in [6, 6.07) is 5.30. The topological polar surface area (TPSA) is 82.5 Å². The molecule has 108 valence electrons. The highest BCUT2D eigenvalue weighted by atomic mass is 16.5. The SMILES string of the molecule is COc1cc(CO)ccc1OC(CN)c1cnn(C)c1. The van der Waals surface area contributed by atoms with Crippen LogP contribution in [0.4, 0.5) is 0 Å². The van der Waals surface area contributed by atoms with Crippen LogP contribution >= 0.6 is 0 Å². The smallest absolute Gasteiger partial charge is 0.162 e. The van der Waals surface area contributed by atoms with Crippen LogP contribution in [0.1, 0.15) is 17.2 Å². The molecule has 0 amide bonds. The van der Waals surface area contributed by atoms with Gasteiger partial charge in [0.2, 0.25) is 0 Å². The molecule has 3 N–H and O–H groups in total. The third kappa shape index (κ3) is 3.09. The minimum atomic E-state index is -0.294. The Labute approximate surface area is 117 Å². The van der Waals surface area contributed by atoms with Gasteiger partial charge in [-0.25, -0.2) is 0 Å². The molecule has 20 heavy (non-hydrogen) atoms. The number of hydrogen-bond acceptors (Lipinski definition) is 5. The van der Waals surface area contributed by atoms with Gasteiger partial charge in [0.1, 0.15) is 6.10 Å². The molecule has 0 radical (unpaired) electrons. The fourth-order valence-electron chi connectivity index (χ4n) is 1.92. The zero-order chi connectivity index (χ0) is 14.5. The van der Waals surface area contributed by atoms with E-state index in [1.165, 1.54) is 0 Å². The molecule has 2 rings (SSSR count). The lowest BCUT2D eigenvalue weighted by Gasteiger charge is -2.18. The number of benzene rings is 1. The van der Waals surface area contributed by atoms with Gasteiger partial charge in [0.25, 0.3) is 0 Å².